The van der Waals surface area contributed by atoms with Crippen LogP contribution in [0.4, 0.5) is 0 Å². The van der Waals surface area contributed by atoms with Crippen molar-refractivity contribution in [3.63, 3.8) is 0 Å². The number of aryl methyl sites for hydroxylation is 3. The average molecular weight is 269 g/mol. The number of aromatic nitrogens is 7. The minimum Gasteiger partial charge on any atom is -0.246 e. The fourth-order valence-corrected chi connectivity index (χ4v) is 2.06. The Morgan fingerprint density at radius 1 is 1.05 bits per heavy atom. The van der Waals surface area contributed by atoms with Crippen molar-refractivity contribution in [1.82, 2.24) is 35.0 Å². The molecule has 0 spiro atoms. The van der Waals surface area contributed by atoms with Gasteiger partial charge in [0.05, 0.1) is 7.05 Å². The lowest BCUT2D eigenvalue weighted by molar-refractivity contribution is 0.630. The van der Waals surface area contributed by atoms with E-state index in [2.05, 4.69) is 32.4 Å². The molecule has 0 saturated carbocycles. The van der Waals surface area contributed by atoms with Gasteiger partial charge in [0.15, 0.2) is 5.82 Å². The van der Waals surface area contributed by atoms with Crippen LogP contribution in [0, 0.1) is 6.92 Å². The van der Waals surface area contributed by atoms with E-state index >= 15 is 0 Å². The Kier molecular flexibility index (Phi) is 3.02. The molecule has 1 aromatic carbocycles. The molecule has 0 aliphatic rings. The van der Waals surface area contributed by atoms with Crippen LogP contribution in [0.1, 0.15) is 12.7 Å². The number of hydrogen-bond acceptors (Lipinski definition) is 5. The molecule has 0 radical (unpaired) electrons. The third kappa shape index (κ3) is 2.18. The first kappa shape index (κ1) is 12.5. The molecular weight excluding hydrogens is 254 g/mol. The van der Waals surface area contributed by atoms with Crippen LogP contribution in [0.3, 0.4) is 0 Å². The lowest BCUT2D eigenvalue weighted by Crippen LogP contribution is -1.99. The van der Waals surface area contributed by atoms with Gasteiger partial charge in [-0.3, -0.25) is 0 Å². The van der Waals surface area contributed by atoms with Gasteiger partial charge in [-0.2, -0.15) is 9.90 Å². The first-order valence-electron chi connectivity index (χ1n) is 6.43. The molecule has 0 aliphatic heterocycles. The number of tetrazole rings is 1. The monoisotopic (exact) mass is 269 g/mol. The Labute approximate surface area is 116 Å². The van der Waals surface area contributed by atoms with E-state index in [1.807, 2.05) is 35.9 Å². The standard InChI is InChI=1S/C13H15N7/c1-4-20-13(14-9(2)16-20)11-7-5-10(6-8-11)12-15-18-19(3)17-12/h5-8H,4H2,1-3H3. The predicted octanol–water partition coefficient (Wildman–Crippen LogP) is 1.46. The van der Waals surface area contributed by atoms with Crippen LogP contribution in [0.2, 0.25) is 0 Å². The topological polar surface area (TPSA) is 74.3 Å². The second-order valence-corrected chi connectivity index (χ2v) is 4.48. The van der Waals surface area contributed by atoms with Crippen molar-refractivity contribution in [2.75, 3.05) is 0 Å². The molecule has 0 fully saturated rings. The summed E-state index contributed by atoms with van der Waals surface area (Å²) < 4.78 is 1.89. The molecule has 0 bridgehead atoms. The highest BCUT2D eigenvalue weighted by Crippen LogP contribution is 2.21. The van der Waals surface area contributed by atoms with Crippen LogP contribution < -0.4 is 0 Å². The van der Waals surface area contributed by atoms with Gasteiger partial charge in [0.2, 0.25) is 5.82 Å². The van der Waals surface area contributed by atoms with Crippen LogP contribution in [-0.2, 0) is 13.6 Å². The molecule has 0 atom stereocenters. The van der Waals surface area contributed by atoms with Crippen molar-refractivity contribution in [1.29, 1.82) is 0 Å². The molecule has 0 saturated heterocycles. The minimum atomic E-state index is 0.618. The fourth-order valence-electron chi connectivity index (χ4n) is 2.06. The van der Waals surface area contributed by atoms with E-state index < -0.39 is 0 Å². The quantitative estimate of drug-likeness (QED) is 0.719. The Morgan fingerprint density at radius 3 is 2.35 bits per heavy atom. The van der Waals surface area contributed by atoms with E-state index in [1.54, 1.807) is 7.05 Å². The number of rotatable bonds is 3. The van der Waals surface area contributed by atoms with Gasteiger partial charge in [0, 0.05) is 17.7 Å². The van der Waals surface area contributed by atoms with Crippen LogP contribution in [0.15, 0.2) is 24.3 Å². The molecule has 20 heavy (non-hydrogen) atoms. The van der Waals surface area contributed by atoms with Gasteiger partial charge in [-0.25, -0.2) is 9.67 Å². The van der Waals surface area contributed by atoms with E-state index in [4.69, 9.17) is 0 Å². The van der Waals surface area contributed by atoms with E-state index in [9.17, 15) is 0 Å². The van der Waals surface area contributed by atoms with Crippen LogP contribution in [0.5, 0.6) is 0 Å². The fraction of sp³-hybridized carbons (Fsp3) is 0.308. The lowest BCUT2D eigenvalue weighted by atomic mass is 10.1. The van der Waals surface area contributed by atoms with E-state index in [0.717, 1.165) is 29.3 Å². The van der Waals surface area contributed by atoms with E-state index in [1.165, 1.54) is 4.80 Å². The summed E-state index contributed by atoms with van der Waals surface area (Å²) in [5.74, 6) is 2.28. The third-order valence-electron chi connectivity index (χ3n) is 2.99. The van der Waals surface area contributed by atoms with E-state index in [0.29, 0.717) is 5.82 Å². The third-order valence-corrected chi connectivity index (χ3v) is 2.99. The van der Waals surface area contributed by atoms with Crippen molar-refractivity contribution in [2.24, 2.45) is 7.05 Å². The average Bonchev–Trinajstić information content (AvgIpc) is 3.05. The van der Waals surface area contributed by atoms with Crippen molar-refractivity contribution < 1.29 is 0 Å². The van der Waals surface area contributed by atoms with Gasteiger partial charge < -0.3 is 0 Å². The summed E-state index contributed by atoms with van der Waals surface area (Å²) in [5, 5.41) is 16.4. The second-order valence-electron chi connectivity index (χ2n) is 4.48. The summed E-state index contributed by atoms with van der Waals surface area (Å²) in [7, 11) is 1.75. The maximum atomic E-state index is 4.46. The molecule has 3 rings (SSSR count). The molecular formula is C13H15N7. The Bertz CT molecular complexity index is 724. The van der Waals surface area contributed by atoms with Gasteiger partial charge in [-0.05, 0) is 19.1 Å². The summed E-state index contributed by atoms with van der Waals surface area (Å²) >= 11 is 0. The highest BCUT2D eigenvalue weighted by Gasteiger charge is 2.10. The van der Waals surface area contributed by atoms with Gasteiger partial charge in [0.25, 0.3) is 0 Å². The molecule has 0 aliphatic carbocycles. The maximum Gasteiger partial charge on any atom is 0.204 e. The highest BCUT2D eigenvalue weighted by atomic mass is 15.6. The molecule has 2 heterocycles. The molecule has 2 aromatic heterocycles. The maximum absolute atomic E-state index is 4.46. The van der Waals surface area contributed by atoms with Crippen molar-refractivity contribution in [3.05, 3.63) is 30.1 Å². The Hall–Kier alpha value is -2.57. The molecule has 0 unspecified atom stereocenters. The Morgan fingerprint density at radius 2 is 1.75 bits per heavy atom. The van der Waals surface area contributed by atoms with Gasteiger partial charge in [0.1, 0.15) is 5.82 Å². The van der Waals surface area contributed by atoms with Crippen molar-refractivity contribution in [2.45, 2.75) is 20.4 Å². The summed E-state index contributed by atoms with van der Waals surface area (Å²) in [6.45, 7) is 4.74. The van der Waals surface area contributed by atoms with Gasteiger partial charge >= 0.3 is 0 Å². The second kappa shape index (κ2) is 4.84. The minimum absolute atomic E-state index is 0.618. The summed E-state index contributed by atoms with van der Waals surface area (Å²) in [6, 6.07) is 7.94. The SMILES string of the molecule is CCn1nc(C)nc1-c1ccc(-c2nnn(C)n2)cc1. The first-order chi connectivity index (χ1) is 9.67. The predicted molar refractivity (Wildman–Crippen MR) is 73.7 cm³/mol. The first-order valence-corrected chi connectivity index (χ1v) is 6.43. The van der Waals surface area contributed by atoms with Crippen molar-refractivity contribution >= 4 is 0 Å². The summed E-state index contributed by atoms with van der Waals surface area (Å²) in [4.78, 5) is 5.91. The molecule has 0 N–H and O–H groups in total. The summed E-state index contributed by atoms with van der Waals surface area (Å²) in [5.41, 5.74) is 1.96. The smallest absolute Gasteiger partial charge is 0.204 e. The zero-order valence-electron chi connectivity index (χ0n) is 11.6. The lowest BCUT2D eigenvalue weighted by Gasteiger charge is -2.03. The van der Waals surface area contributed by atoms with Crippen molar-refractivity contribution in [3.8, 4) is 22.8 Å². The molecule has 7 nitrogen and oxygen atoms in total. The largest absolute Gasteiger partial charge is 0.246 e. The van der Waals surface area contributed by atoms with E-state index in [-0.39, 0.29) is 0 Å². The molecule has 3 aromatic rings. The zero-order valence-corrected chi connectivity index (χ0v) is 11.6. The van der Waals surface area contributed by atoms with Crippen LogP contribution >= 0.6 is 0 Å². The Balaban J connectivity index is 1.96. The number of benzene rings is 1. The van der Waals surface area contributed by atoms with Gasteiger partial charge in [-0.15, -0.1) is 10.2 Å². The number of hydrogen-bond donors (Lipinski definition) is 0. The van der Waals surface area contributed by atoms with Crippen LogP contribution in [0.25, 0.3) is 22.8 Å². The normalized spacial score (nSPS) is 10.9. The highest BCUT2D eigenvalue weighted by molar-refractivity contribution is 5.62. The molecule has 0 amide bonds. The van der Waals surface area contributed by atoms with Crippen LogP contribution in [-0.4, -0.2) is 35.0 Å². The zero-order chi connectivity index (χ0) is 14.1. The molecule has 102 valence electrons. The van der Waals surface area contributed by atoms with Gasteiger partial charge in [-0.1, -0.05) is 24.3 Å². The molecule has 7 heteroatoms. The number of nitrogens with zero attached hydrogens (tertiary/aromatic N) is 7. The summed E-state index contributed by atoms with van der Waals surface area (Å²) in [6.07, 6.45) is 0.